The second-order valence-corrected chi connectivity index (χ2v) is 11.5. The maximum Gasteiger partial charge on any atom is 0.411 e. The molecule has 0 aliphatic carbocycles. The zero-order valence-corrected chi connectivity index (χ0v) is 25.8. The van der Waals surface area contributed by atoms with E-state index in [0.717, 1.165) is 36.1 Å². The molecule has 0 spiro atoms. The van der Waals surface area contributed by atoms with Crippen molar-refractivity contribution in [2.24, 2.45) is 5.92 Å². The number of nitrogens with zero attached hydrogens (tertiary/aromatic N) is 2. The van der Waals surface area contributed by atoms with Crippen molar-refractivity contribution in [3.8, 4) is 11.1 Å². The van der Waals surface area contributed by atoms with E-state index in [-0.39, 0.29) is 35.0 Å². The standard InChI is InChI=1S/C33H35ClF2N4O4/c1-19(2)6-5-7-29(40-13-11-22(16-30(40)42)31-25(35)9-8-24(34)32(31)36)28-15-21(10-12-37-28)23-14-20(3)26(39-33(43)44-4)17-27(23)38-18-41/h8-10,12,14-19,29H,5-7,11,13H2,1-4H3,(H,38,41)(H,39,43)/t29-/m0/s1. The molecule has 1 aromatic heterocycles. The first-order valence-corrected chi connectivity index (χ1v) is 14.7. The molecule has 2 heterocycles. The number of nitrogens with one attached hydrogen (secondary N) is 2. The highest BCUT2D eigenvalue weighted by Crippen LogP contribution is 2.38. The molecular formula is C33H35ClF2N4O4. The monoisotopic (exact) mass is 624 g/mol. The lowest BCUT2D eigenvalue weighted by atomic mass is 9.93. The average molecular weight is 625 g/mol. The molecule has 8 nitrogen and oxygen atoms in total. The number of hydrogen-bond donors (Lipinski definition) is 2. The summed E-state index contributed by atoms with van der Waals surface area (Å²) in [6, 6.07) is 8.99. The molecule has 3 aromatic rings. The molecular weight excluding hydrogens is 590 g/mol. The number of halogens is 3. The Bertz CT molecular complexity index is 1590. The average Bonchev–Trinajstić information content (AvgIpc) is 2.99. The summed E-state index contributed by atoms with van der Waals surface area (Å²) in [6.07, 6.45) is 5.48. The summed E-state index contributed by atoms with van der Waals surface area (Å²) in [7, 11) is 1.26. The second kappa shape index (κ2) is 14.4. The van der Waals surface area contributed by atoms with Gasteiger partial charge in [0, 0.05) is 30.1 Å². The van der Waals surface area contributed by atoms with Gasteiger partial charge in [-0.1, -0.05) is 38.3 Å². The highest BCUT2D eigenvalue weighted by Gasteiger charge is 2.30. The number of anilines is 2. The van der Waals surface area contributed by atoms with Gasteiger partial charge in [0.2, 0.25) is 12.3 Å². The SMILES string of the molecule is COC(=O)Nc1cc(NC=O)c(-c2ccnc([C@H](CCCC(C)C)N3CCC(c4c(F)ccc(Cl)c4F)=CC3=O)c2)cc1C. The minimum atomic E-state index is -0.884. The fourth-order valence-corrected chi connectivity index (χ4v) is 5.55. The second-order valence-electron chi connectivity index (χ2n) is 11.1. The van der Waals surface area contributed by atoms with E-state index in [1.54, 1.807) is 23.2 Å². The van der Waals surface area contributed by atoms with Crippen molar-refractivity contribution in [1.82, 2.24) is 9.88 Å². The number of methoxy groups -OCH3 is 1. The predicted molar refractivity (Wildman–Crippen MR) is 167 cm³/mol. The summed E-state index contributed by atoms with van der Waals surface area (Å²) in [4.78, 5) is 43.2. The zero-order chi connectivity index (χ0) is 32.0. The van der Waals surface area contributed by atoms with E-state index in [2.05, 4.69) is 29.5 Å². The van der Waals surface area contributed by atoms with E-state index < -0.39 is 23.8 Å². The normalized spacial score (nSPS) is 13.9. The fraction of sp³-hybridized carbons (Fsp3) is 0.333. The summed E-state index contributed by atoms with van der Waals surface area (Å²) < 4.78 is 34.1. The van der Waals surface area contributed by atoms with E-state index in [0.29, 0.717) is 41.4 Å². The van der Waals surface area contributed by atoms with Gasteiger partial charge in [-0.25, -0.2) is 13.6 Å². The van der Waals surface area contributed by atoms with Crippen molar-refractivity contribution in [3.05, 3.63) is 82.1 Å². The number of rotatable bonds is 11. The Balaban J connectivity index is 1.72. The lowest BCUT2D eigenvalue weighted by Crippen LogP contribution is -2.38. The van der Waals surface area contributed by atoms with Gasteiger partial charge in [0.1, 0.15) is 5.82 Å². The first-order chi connectivity index (χ1) is 21.0. The molecule has 0 unspecified atom stereocenters. The number of hydrogen-bond acceptors (Lipinski definition) is 5. The lowest BCUT2D eigenvalue weighted by Gasteiger charge is -2.34. The maximum atomic E-state index is 14.8. The van der Waals surface area contributed by atoms with E-state index in [4.69, 9.17) is 16.3 Å². The van der Waals surface area contributed by atoms with E-state index in [1.165, 1.54) is 13.2 Å². The first-order valence-electron chi connectivity index (χ1n) is 14.3. The number of carbonyl (C=O) groups excluding carboxylic acids is 3. The van der Waals surface area contributed by atoms with Crippen LogP contribution in [0.25, 0.3) is 16.7 Å². The summed E-state index contributed by atoms with van der Waals surface area (Å²) in [5.41, 5.74) is 3.71. The lowest BCUT2D eigenvalue weighted by molar-refractivity contribution is -0.129. The van der Waals surface area contributed by atoms with Crippen molar-refractivity contribution in [2.75, 3.05) is 24.3 Å². The number of carbonyl (C=O) groups is 3. The van der Waals surface area contributed by atoms with Crippen LogP contribution in [0.2, 0.25) is 5.02 Å². The van der Waals surface area contributed by atoms with E-state index >= 15 is 0 Å². The van der Waals surface area contributed by atoms with Crippen LogP contribution in [0, 0.1) is 24.5 Å². The molecule has 0 fully saturated rings. The van der Waals surface area contributed by atoms with E-state index in [9.17, 15) is 23.2 Å². The van der Waals surface area contributed by atoms with Gasteiger partial charge in [-0.2, -0.15) is 0 Å². The van der Waals surface area contributed by atoms with Crippen LogP contribution in [0.1, 0.15) is 62.4 Å². The van der Waals surface area contributed by atoms with Crippen molar-refractivity contribution >= 4 is 47.0 Å². The minimum absolute atomic E-state index is 0.211. The van der Waals surface area contributed by atoms with Crippen LogP contribution < -0.4 is 10.6 Å². The largest absolute Gasteiger partial charge is 0.453 e. The van der Waals surface area contributed by atoms with Gasteiger partial charge in [0.05, 0.1) is 35.1 Å². The molecule has 1 aliphatic heterocycles. The van der Waals surface area contributed by atoms with Crippen LogP contribution in [0.3, 0.4) is 0 Å². The van der Waals surface area contributed by atoms with Gasteiger partial charge in [-0.15, -0.1) is 0 Å². The summed E-state index contributed by atoms with van der Waals surface area (Å²) in [5.74, 6) is -1.57. The molecule has 11 heteroatoms. The molecule has 2 aromatic carbocycles. The maximum absolute atomic E-state index is 14.8. The van der Waals surface area contributed by atoms with Gasteiger partial charge < -0.3 is 15.0 Å². The Kier molecular flexibility index (Phi) is 10.7. The Morgan fingerprint density at radius 1 is 1.16 bits per heavy atom. The third kappa shape index (κ3) is 7.42. The molecule has 0 bridgehead atoms. The van der Waals surface area contributed by atoms with Crippen LogP contribution in [-0.2, 0) is 14.3 Å². The summed E-state index contributed by atoms with van der Waals surface area (Å²) >= 11 is 5.91. The smallest absolute Gasteiger partial charge is 0.411 e. The Morgan fingerprint density at radius 3 is 2.61 bits per heavy atom. The predicted octanol–water partition coefficient (Wildman–Crippen LogP) is 7.92. The number of amides is 3. The van der Waals surface area contributed by atoms with Gasteiger partial charge in [0.15, 0.2) is 5.82 Å². The van der Waals surface area contributed by atoms with Gasteiger partial charge in [-0.3, -0.25) is 19.9 Å². The molecule has 0 saturated carbocycles. The molecule has 1 atom stereocenters. The van der Waals surface area contributed by atoms with Crippen molar-refractivity contribution in [1.29, 1.82) is 0 Å². The third-order valence-corrected chi connectivity index (χ3v) is 7.93. The van der Waals surface area contributed by atoms with Crippen LogP contribution in [0.15, 0.2) is 48.7 Å². The molecule has 1 aliphatic rings. The Morgan fingerprint density at radius 2 is 1.93 bits per heavy atom. The van der Waals surface area contributed by atoms with Crippen LogP contribution in [0.5, 0.6) is 0 Å². The summed E-state index contributed by atoms with van der Waals surface area (Å²) in [5, 5.41) is 5.13. The van der Waals surface area contributed by atoms with Gasteiger partial charge in [-0.05, 0) is 78.8 Å². The zero-order valence-electron chi connectivity index (χ0n) is 25.0. The quantitative estimate of drug-likeness (QED) is 0.167. The molecule has 2 N–H and O–H groups in total. The minimum Gasteiger partial charge on any atom is -0.453 e. The Hall–Kier alpha value is -4.31. The fourth-order valence-electron chi connectivity index (χ4n) is 5.39. The van der Waals surface area contributed by atoms with Crippen molar-refractivity contribution in [2.45, 2.75) is 52.5 Å². The number of pyridine rings is 1. The van der Waals surface area contributed by atoms with Crippen LogP contribution in [-0.4, -0.2) is 41.9 Å². The van der Waals surface area contributed by atoms with Crippen LogP contribution in [0.4, 0.5) is 25.0 Å². The van der Waals surface area contributed by atoms with Gasteiger partial charge >= 0.3 is 6.09 Å². The molecule has 0 saturated heterocycles. The van der Waals surface area contributed by atoms with Crippen molar-refractivity contribution in [3.63, 3.8) is 0 Å². The number of aromatic nitrogens is 1. The first kappa shape index (κ1) is 32.6. The topological polar surface area (TPSA) is 101 Å². The molecule has 4 rings (SSSR count). The van der Waals surface area contributed by atoms with E-state index in [1.807, 2.05) is 19.1 Å². The number of benzene rings is 2. The number of ether oxygens (including phenoxy) is 1. The third-order valence-electron chi connectivity index (χ3n) is 7.64. The van der Waals surface area contributed by atoms with Crippen LogP contribution >= 0.6 is 11.6 Å². The van der Waals surface area contributed by atoms with Crippen molar-refractivity contribution < 1.29 is 27.9 Å². The molecule has 232 valence electrons. The highest BCUT2D eigenvalue weighted by molar-refractivity contribution is 6.31. The molecule has 3 amide bonds. The Labute approximate surface area is 260 Å². The highest BCUT2D eigenvalue weighted by atomic mass is 35.5. The van der Waals surface area contributed by atoms with Gasteiger partial charge in [0.25, 0.3) is 0 Å². The molecule has 44 heavy (non-hydrogen) atoms. The number of aryl methyl sites for hydroxylation is 1. The molecule has 0 radical (unpaired) electrons. The summed E-state index contributed by atoms with van der Waals surface area (Å²) in [6.45, 7) is 6.31.